The number of aromatic nitrogens is 1. The first-order valence-corrected chi connectivity index (χ1v) is 4.29. The zero-order valence-corrected chi connectivity index (χ0v) is 7.88. The molecule has 2 rings (SSSR count). The van der Waals surface area contributed by atoms with Gasteiger partial charge in [0.15, 0.2) is 11.3 Å². The topological polar surface area (TPSA) is 26.0 Å². The Morgan fingerprint density at radius 3 is 2.77 bits per heavy atom. The lowest BCUT2D eigenvalue weighted by Crippen LogP contribution is -1.75. The molecule has 0 aliphatic carbocycles. The molecule has 0 amide bonds. The fourth-order valence-corrected chi connectivity index (χ4v) is 1.48. The number of hydrogen-bond donors (Lipinski definition) is 0. The Morgan fingerprint density at radius 2 is 2.15 bits per heavy atom. The van der Waals surface area contributed by atoms with E-state index >= 15 is 0 Å². The third-order valence-corrected chi connectivity index (χ3v) is 2.18. The van der Waals surface area contributed by atoms with Crippen LogP contribution in [-0.2, 0) is 0 Å². The van der Waals surface area contributed by atoms with Crippen LogP contribution in [0.2, 0.25) is 0 Å². The summed E-state index contributed by atoms with van der Waals surface area (Å²) >= 11 is 3.16. The smallest absolute Gasteiger partial charge is 0.295 e. The van der Waals surface area contributed by atoms with Crippen LogP contribution in [0.15, 0.2) is 27.3 Å². The van der Waals surface area contributed by atoms with Gasteiger partial charge >= 0.3 is 0 Å². The lowest BCUT2D eigenvalue weighted by atomic mass is 10.3. The number of hydrogen-bond acceptors (Lipinski definition) is 2. The summed E-state index contributed by atoms with van der Waals surface area (Å²) in [5, 5.41) is 0.574. The van der Waals surface area contributed by atoms with Crippen molar-refractivity contribution in [1.29, 1.82) is 0 Å². The van der Waals surface area contributed by atoms with Gasteiger partial charge in [0, 0.05) is 17.8 Å². The predicted octanol–water partition coefficient (Wildman–Crippen LogP) is 3.53. The van der Waals surface area contributed by atoms with Crippen molar-refractivity contribution in [2.24, 2.45) is 0 Å². The van der Waals surface area contributed by atoms with Crippen LogP contribution >= 0.6 is 15.9 Å². The highest BCUT2D eigenvalue weighted by atomic mass is 79.9. The Hall–Kier alpha value is -0.970. The summed E-state index contributed by atoms with van der Waals surface area (Å²) in [6, 6.07) is 1.29. The maximum atomic E-state index is 12.2. The van der Waals surface area contributed by atoms with Crippen molar-refractivity contribution in [3.05, 3.63) is 28.7 Å². The van der Waals surface area contributed by atoms with Crippen molar-refractivity contribution in [3.8, 4) is 0 Å². The zero-order chi connectivity index (χ0) is 9.42. The monoisotopic (exact) mass is 247 g/mol. The minimum absolute atomic E-state index is 0.330. The summed E-state index contributed by atoms with van der Waals surface area (Å²) < 4.78 is 29.9. The maximum Gasteiger partial charge on any atom is 0.295 e. The SMILES string of the molecule is FC(F)c1cc2cncc(Br)c2o1. The minimum atomic E-state index is -2.58. The van der Waals surface area contributed by atoms with E-state index in [4.69, 9.17) is 4.42 Å². The molecule has 0 unspecified atom stereocenters. The summed E-state index contributed by atoms with van der Waals surface area (Å²) in [5.41, 5.74) is 0.408. The molecule has 13 heavy (non-hydrogen) atoms. The number of furan rings is 1. The zero-order valence-electron chi connectivity index (χ0n) is 6.30. The molecule has 0 radical (unpaired) electrons. The maximum absolute atomic E-state index is 12.2. The Bertz CT molecular complexity index is 441. The van der Waals surface area contributed by atoms with Crippen LogP contribution in [-0.4, -0.2) is 4.98 Å². The van der Waals surface area contributed by atoms with Gasteiger partial charge in [0.05, 0.1) is 4.47 Å². The fourth-order valence-electron chi connectivity index (χ4n) is 1.06. The Balaban J connectivity index is 2.68. The highest BCUT2D eigenvalue weighted by molar-refractivity contribution is 9.10. The first-order valence-electron chi connectivity index (χ1n) is 3.49. The number of halogens is 3. The standard InChI is InChI=1S/C8H4BrF2NO/c9-5-3-12-2-4-1-6(8(10)11)13-7(4)5/h1-3,8H. The van der Waals surface area contributed by atoms with Crippen LogP contribution in [0.25, 0.3) is 11.0 Å². The molecule has 2 heterocycles. The van der Waals surface area contributed by atoms with Crippen LogP contribution in [0.3, 0.4) is 0 Å². The number of alkyl halides is 2. The van der Waals surface area contributed by atoms with Gasteiger partial charge in [0.25, 0.3) is 6.43 Å². The highest BCUT2D eigenvalue weighted by Gasteiger charge is 2.14. The van der Waals surface area contributed by atoms with Crippen molar-refractivity contribution < 1.29 is 13.2 Å². The van der Waals surface area contributed by atoms with E-state index in [-0.39, 0.29) is 5.76 Å². The summed E-state index contributed by atoms with van der Waals surface area (Å²) in [6.45, 7) is 0. The van der Waals surface area contributed by atoms with Gasteiger partial charge in [0.1, 0.15) is 0 Å². The summed E-state index contributed by atoms with van der Waals surface area (Å²) in [4.78, 5) is 3.83. The van der Waals surface area contributed by atoms with E-state index in [1.165, 1.54) is 18.5 Å². The van der Waals surface area contributed by atoms with Gasteiger partial charge in [-0.05, 0) is 22.0 Å². The third-order valence-electron chi connectivity index (χ3n) is 1.61. The summed E-state index contributed by atoms with van der Waals surface area (Å²) in [6.07, 6.45) is 0.399. The molecule has 0 fully saturated rings. The molecule has 2 nitrogen and oxygen atoms in total. The van der Waals surface area contributed by atoms with Crippen molar-refractivity contribution in [2.75, 3.05) is 0 Å². The van der Waals surface area contributed by atoms with E-state index in [0.29, 0.717) is 15.4 Å². The van der Waals surface area contributed by atoms with E-state index in [0.717, 1.165) is 0 Å². The molecule has 68 valence electrons. The Labute approximate surface area is 80.7 Å². The Morgan fingerprint density at radius 1 is 1.38 bits per heavy atom. The molecule has 0 saturated carbocycles. The molecule has 0 aliphatic heterocycles. The molecule has 0 aliphatic rings. The quantitative estimate of drug-likeness (QED) is 0.771. The molecule has 2 aromatic heterocycles. The average molecular weight is 248 g/mol. The van der Waals surface area contributed by atoms with E-state index < -0.39 is 6.43 Å². The highest BCUT2D eigenvalue weighted by Crippen LogP contribution is 2.30. The minimum Gasteiger partial charge on any atom is -0.454 e. The van der Waals surface area contributed by atoms with E-state index in [1.807, 2.05) is 0 Å². The van der Waals surface area contributed by atoms with Gasteiger partial charge in [-0.25, -0.2) is 8.78 Å². The molecule has 0 atom stereocenters. The van der Waals surface area contributed by atoms with Crippen molar-refractivity contribution in [1.82, 2.24) is 4.98 Å². The summed E-state index contributed by atoms with van der Waals surface area (Å²) in [7, 11) is 0. The van der Waals surface area contributed by atoms with E-state index in [2.05, 4.69) is 20.9 Å². The number of nitrogens with zero attached hydrogens (tertiary/aromatic N) is 1. The molecule has 0 spiro atoms. The molecular formula is C8H4BrF2NO. The second-order valence-corrected chi connectivity index (χ2v) is 3.34. The molecule has 0 N–H and O–H groups in total. The van der Waals surface area contributed by atoms with Crippen LogP contribution in [0.1, 0.15) is 12.2 Å². The molecular weight excluding hydrogens is 244 g/mol. The molecule has 0 saturated heterocycles. The number of fused-ring (bicyclic) bond motifs is 1. The van der Waals surface area contributed by atoms with Crippen LogP contribution < -0.4 is 0 Å². The number of rotatable bonds is 1. The fraction of sp³-hybridized carbons (Fsp3) is 0.125. The van der Waals surface area contributed by atoms with Gasteiger partial charge < -0.3 is 4.42 Å². The van der Waals surface area contributed by atoms with E-state index in [9.17, 15) is 8.78 Å². The van der Waals surface area contributed by atoms with Crippen LogP contribution in [0.4, 0.5) is 8.78 Å². The van der Waals surface area contributed by atoms with Gasteiger partial charge in [-0.3, -0.25) is 4.98 Å². The predicted molar refractivity (Wildman–Crippen MR) is 46.7 cm³/mol. The molecule has 0 bridgehead atoms. The average Bonchev–Trinajstić information content (AvgIpc) is 2.49. The van der Waals surface area contributed by atoms with Gasteiger partial charge in [-0.1, -0.05) is 0 Å². The summed E-state index contributed by atoms with van der Waals surface area (Å²) in [5.74, 6) is -0.330. The first kappa shape index (κ1) is 8.62. The second kappa shape index (κ2) is 3.06. The molecule has 5 heteroatoms. The van der Waals surface area contributed by atoms with Gasteiger partial charge in [-0.15, -0.1) is 0 Å². The normalized spacial score (nSPS) is 11.4. The van der Waals surface area contributed by atoms with Crippen LogP contribution in [0.5, 0.6) is 0 Å². The van der Waals surface area contributed by atoms with Crippen LogP contribution in [0, 0.1) is 0 Å². The number of pyridine rings is 1. The lowest BCUT2D eigenvalue weighted by Gasteiger charge is -1.90. The Kier molecular flexibility index (Phi) is 2.03. The van der Waals surface area contributed by atoms with Gasteiger partial charge in [-0.2, -0.15) is 0 Å². The van der Waals surface area contributed by atoms with Crippen molar-refractivity contribution >= 4 is 26.9 Å². The van der Waals surface area contributed by atoms with Crippen molar-refractivity contribution in [3.63, 3.8) is 0 Å². The van der Waals surface area contributed by atoms with Gasteiger partial charge in [0.2, 0.25) is 0 Å². The molecule has 0 aromatic carbocycles. The van der Waals surface area contributed by atoms with E-state index in [1.54, 1.807) is 0 Å². The first-order chi connectivity index (χ1) is 6.18. The third kappa shape index (κ3) is 1.44. The van der Waals surface area contributed by atoms with Crippen molar-refractivity contribution in [2.45, 2.75) is 6.43 Å². The molecule has 2 aromatic rings. The lowest BCUT2D eigenvalue weighted by molar-refractivity contribution is 0.124. The largest absolute Gasteiger partial charge is 0.454 e. The second-order valence-electron chi connectivity index (χ2n) is 2.49.